The molecule has 2 aromatic carbocycles. The molecule has 0 amide bonds. The van der Waals surface area contributed by atoms with Crippen molar-refractivity contribution in [3.63, 3.8) is 0 Å². The highest BCUT2D eigenvalue weighted by molar-refractivity contribution is 7.07. The van der Waals surface area contributed by atoms with Gasteiger partial charge in [0, 0.05) is 6.07 Å². The van der Waals surface area contributed by atoms with Crippen LogP contribution in [0.3, 0.4) is 0 Å². The van der Waals surface area contributed by atoms with E-state index < -0.39 is 10.5 Å². The van der Waals surface area contributed by atoms with Crippen molar-refractivity contribution in [2.45, 2.75) is 13.8 Å². The quantitative estimate of drug-likeness (QED) is 0.462. The second kappa shape index (κ2) is 8.34. The molecule has 0 saturated heterocycles. The largest absolute Gasteiger partial charge is 0.288 e. The maximum Gasteiger partial charge on any atom is 0.288 e. The van der Waals surface area contributed by atoms with Crippen LogP contribution in [0.1, 0.15) is 16.7 Å². The number of hydrogen-bond donors (Lipinski definition) is 0. The summed E-state index contributed by atoms with van der Waals surface area (Å²) in [7, 11) is 0. The van der Waals surface area contributed by atoms with Gasteiger partial charge in [-0.1, -0.05) is 35.9 Å². The molecular formula is C21H13ClN4O3S. The average molecular weight is 437 g/mol. The molecule has 0 bridgehead atoms. The summed E-state index contributed by atoms with van der Waals surface area (Å²) in [6.07, 6.45) is 1.48. The van der Waals surface area contributed by atoms with E-state index in [-0.39, 0.29) is 25.5 Å². The van der Waals surface area contributed by atoms with E-state index >= 15 is 0 Å². The Labute approximate surface area is 179 Å². The molecule has 148 valence electrons. The van der Waals surface area contributed by atoms with Crippen LogP contribution in [0.25, 0.3) is 17.3 Å². The zero-order valence-corrected chi connectivity index (χ0v) is 17.4. The van der Waals surface area contributed by atoms with Crippen molar-refractivity contribution in [1.29, 1.82) is 10.5 Å². The summed E-state index contributed by atoms with van der Waals surface area (Å²) in [5.41, 5.74) is 1.71. The van der Waals surface area contributed by atoms with E-state index in [1.54, 1.807) is 6.07 Å². The summed E-state index contributed by atoms with van der Waals surface area (Å²) >= 11 is 6.83. The van der Waals surface area contributed by atoms with Crippen LogP contribution in [-0.4, -0.2) is 9.49 Å². The van der Waals surface area contributed by atoms with Gasteiger partial charge in [-0.25, -0.2) is 0 Å². The summed E-state index contributed by atoms with van der Waals surface area (Å²) in [4.78, 5) is 23.8. The van der Waals surface area contributed by atoms with Crippen molar-refractivity contribution in [1.82, 2.24) is 4.57 Å². The summed E-state index contributed by atoms with van der Waals surface area (Å²) in [5.74, 6) is 0. The van der Waals surface area contributed by atoms with Crippen molar-refractivity contribution in [2.75, 3.05) is 0 Å². The molecule has 0 aliphatic carbocycles. The lowest BCUT2D eigenvalue weighted by molar-refractivity contribution is -0.384. The molecule has 0 aliphatic heterocycles. The van der Waals surface area contributed by atoms with E-state index in [9.17, 15) is 25.4 Å². The molecule has 0 fully saturated rings. The lowest BCUT2D eigenvalue weighted by atomic mass is 10.1. The first kappa shape index (κ1) is 21.0. The van der Waals surface area contributed by atoms with E-state index in [4.69, 9.17) is 11.6 Å². The second-order valence-electron chi connectivity index (χ2n) is 6.36. The number of nitriles is 2. The van der Waals surface area contributed by atoms with Gasteiger partial charge in [-0.15, -0.1) is 11.3 Å². The van der Waals surface area contributed by atoms with Crippen LogP contribution >= 0.6 is 22.9 Å². The number of thiazole rings is 1. The van der Waals surface area contributed by atoms with Crippen molar-refractivity contribution in [3.8, 4) is 17.8 Å². The SMILES string of the molecule is Cc1cccc(C)c1-n1c(=C(C#N)C#N)s/c(=C/c2ccc(Cl)c([N+](=O)[O-])c2)c1=O. The lowest BCUT2D eigenvalue weighted by Crippen LogP contribution is -2.31. The van der Waals surface area contributed by atoms with E-state index in [0.717, 1.165) is 22.5 Å². The van der Waals surface area contributed by atoms with Gasteiger partial charge in [0.2, 0.25) is 0 Å². The first-order valence-corrected chi connectivity index (χ1v) is 9.76. The number of halogens is 1. The Morgan fingerprint density at radius 1 is 1.20 bits per heavy atom. The molecule has 30 heavy (non-hydrogen) atoms. The average Bonchev–Trinajstić information content (AvgIpc) is 3.00. The summed E-state index contributed by atoms with van der Waals surface area (Å²) < 4.78 is 1.79. The molecule has 1 heterocycles. The van der Waals surface area contributed by atoms with Gasteiger partial charge in [-0.3, -0.25) is 19.5 Å². The van der Waals surface area contributed by atoms with Gasteiger partial charge in [-0.05, 0) is 42.7 Å². The molecule has 3 rings (SSSR count). The van der Waals surface area contributed by atoms with Crippen LogP contribution in [0.4, 0.5) is 5.69 Å². The Morgan fingerprint density at radius 2 is 1.83 bits per heavy atom. The van der Waals surface area contributed by atoms with Crippen LogP contribution in [0.5, 0.6) is 0 Å². The number of nitrogens with zero attached hydrogens (tertiary/aromatic N) is 4. The Morgan fingerprint density at radius 3 is 2.40 bits per heavy atom. The maximum absolute atomic E-state index is 13.3. The molecule has 0 radical (unpaired) electrons. The fourth-order valence-electron chi connectivity index (χ4n) is 3.04. The number of nitro benzene ring substituents is 1. The topological polar surface area (TPSA) is 113 Å². The molecule has 0 unspecified atom stereocenters. The van der Waals surface area contributed by atoms with Gasteiger partial charge in [0.25, 0.3) is 11.2 Å². The van der Waals surface area contributed by atoms with Gasteiger partial charge < -0.3 is 0 Å². The summed E-state index contributed by atoms with van der Waals surface area (Å²) in [6.45, 7) is 3.67. The minimum absolute atomic E-state index is 0.0125. The third-order valence-corrected chi connectivity index (χ3v) is 5.80. The van der Waals surface area contributed by atoms with Crippen LogP contribution in [0.2, 0.25) is 5.02 Å². The molecule has 7 nitrogen and oxygen atoms in total. The normalized spacial score (nSPS) is 11.0. The zero-order chi connectivity index (χ0) is 22.0. The molecule has 0 N–H and O–H groups in total. The fourth-order valence-corrected chi connectivity index (χ4v) is 4.27. The highest BCUT2D eigenvalue weighted by atomic mass is 35.5. The minimum atomic E-state index is -0.605. The number of hydrogen-bond acceptors (Lipinski definition) is 6. The van der Waals surface area contributed by atoms with Crippen LogP contribution in [0.15, 0.2) is 41.2 Å². The predicted octanol–water partition coefficient (Wildman–Crippen LogP) is 3.10. The van der Waals surface area contributed by atoms with Crippen molar-refractivity contribution in [3.05, 3.63) is 87.8 Å². The van der Waals surface area contributed by atoms with Crippen molar-refractivity contribution < 1.29 is 4.92 Å². The maximum atomic E-state index is 13.3. The Hall–Kier alpha value is -3.72. The minimum Gasteiger partial charge on any atom is -0.267 e. The summed E-state index contributed by atoms with van der Waals surface area (Å²) in [5, 5.41) is 29.9. The Balaban J connectivity index is 2.43. The van der Waals surface area contributed by atoms with E-state index in [2.05, 4.69) is 0 Å². The van der Waals surface area contributed by atoms with Crippen LogP contribution in [-0.2, 0) is 0 Å². The molecule has 0 spiro atoms. The first-order valence-electron chi connectivity index (χ1n) is 8.57. The predicted molar refractivity (Wildman–Crippen MR) is 115 cm³/mol. The molecular weight excluding hydrogens is 424 g/mol. The molecule has 0 atom stereocenters. The highest BCUT2D eigenvalue weighted by Crippen LogP contribution is 2.25. The van der Waals surface area contributed by atoms with Gasteiger partial charge in [0.15, 0.2) is 5.57 Å². The van der Waals surface area contributed by atoms with Gasteiger partial charge >= 0.3 is 0 Å². The van der Waals surface area contributed by atoms with Crippen LogP contribution < -0.4 is 14.8 Å². The standard InChI is InChI=1S/C21H13ClN4O3S/c1-12-4-3-5-13(2)19(12)25-20(27)18(30-21(25)15(10-23)11-24)9-14-6-7-16(22)17(8-14)26(28)29/h3-9H,1-2H3/b18-9+. The van der Waals surface area contributed by atoms with E-state index in [1.165, 1.54) is 22.8 Å². The third-order valence-electron chi connectivity index (χ3n) is 4.39. The van der Waals surface area contributed by atoms with Crippen molar-refractivity contribution in [2.24, 2.45) is 0 Å². The highest BCUT2D eigenvalue weighted by Gasteiger charge is 2.16. The monoisotopic (exact) mass is 436 g/mol. The number of nitro groups is 1. The fraction of sp³-hybridized carbons (Fsp3) is 0.0952. The lowest BCUT2D eigenvalue weighted by Gasteiger charge is -2.10. The number of rotatable bonds is 3. The smallest absolute Gasteiger partial charge is 0.267 e. The van der Waals surface area contributed by atoms with Gasteiger partial charge in [-0.2, -0.15) is 10.5 Å². The van der Waals surface area contributed by atoms with E-state index in [1.807, 2.05) is 44.2 Å². The molecule has 1 aromatic heterocycles. The molecule has 9 heteroatoms. The Bertz CT molecular complexity index is 1420. The van der Waals surface area contributed by atoms with Crippen molar-refractivity contribution >= 4 is 40.3 Å². The first-order chi connectivity index (χ1) is 14.3. The third kappa shape index (κ3) is 3.74. The summed E-state index contributed by atoms with van der Waals surface area (Å²) in [6, 6.07) is 13.4. The van der Waals surface area contributed by atoms with Crippen LogP contribution in [0, 0.1) is 46.6 Å². The Kier molecular flexibility index (Phi) is 5.84. The van der Waals surface area contributed by atoms with Gasteiger partial charge in [0.05, 0.1) is 15.1 Å². The zero-order valence-electron chi connectivity index (χ0n) is 15.8. The molecule has 3 aromatic rings. The van der Waals surface area contributed by atoms with Gasteiger partial charge in [0.1, 0.15) is 21.8 Å². The number of para-hydroxylation sites is 1. The number of benzene rings is 2. The number of aromatic nitrogens is 1. The number of aryl methyl sites for hydroxylation is 2. The second-order valence-corrected chi connectivity index (χ2v) is 7.80. The van der Waals surface area contributed by atoms with E-state index in [0.29, 0.717) is 11.3 Å². The molecule has 0 saturated carbocycles. The molecule has 0 aliphatic rings.